The molecule has 1 aromatic heterocycles. The Morgan fingerprint density at radius 3 is 3.00 bits per heavy atom. The van der Waals surface area contributed by atoms with Crippen molar-refractivity contribution in [3.05, 3.63) is 18.0 Å². The van der Waals surface area contributed by atoms with E-state index in [9.17, 15) is 0 Å². The van der Waals surface area contributed by atoms with E-state index < -0.39 is 0 Å². The van der Waals surface area contributed by atoms with Crippen molar-refractivity contribution in [1.29, 1.82) is 0 Å². The first kappa shape index (κ1) is 10.5. The molecule has 0 aliphatic rings. The Morgan fingerprint density at radius 1 is 1.69 bits per heavy atom. The molecule has 0 aliphatic carbocycles. The third-order valence-electron chi connectivity index (χ3n) is 1.84. The number of hydrogen-bond donors (Lipinski definition) is 1. The highest BCUT2D eigenvalue weighted by molar-refractivity contribution is 6.18. The van der Waals surface area contributed by atoms with Crippen molar-refractivity contribution in [2.24, 2.45) is 13.0 Å². The summed E-state index contributed by atoms with van der Waals surface area (Å²) in [5.41, 5.74) is 1.21. The van der Waals surface area contributed by atoms with Crippen LogP contribution in [0, 0.1) is 5.92 Å². The lowest BCUT2D eigenvalue weighted by atomic mass is 10.2. The maximum absolute atomic E-state index is 5.68. The largest absolute Gasteiger partial charge is 0.312 e. The molecule has 1 unspecified atom stereocenters. The first-order valence-electron chi connectivity index (χ1n) is 4.46. The fraction of sp³-hybridized carbons (Fsp3) is 0.667. The van der Waals surface area contributed by atoms with E-state index in [4.69, 9.17) is 11.6 Å². The van der Waals surface area contributed by atoms with E-state index in [2.05, 4.69) is 17.3 Å². The van der Waals surface area contributed by atoms with Crippen molar-refractivity contribution in [3.8, 4) is 0 Å². The molecule has 0 amide bonds. The van der Waals surface area contributed by atoms with Gasteiger partial charge in [0.2, 0.25) is 0 Å². The lowest BCUT2D eigenvalue weighted by molar-refractivity contribution is 0.556. The van der Waals surface area contributed by atoms with Gasteiger partial charge in [-0.05, 0) is 12.5 Å². The lowest BCUT2D eigenvalue weighted by Gasteiger charge is -2.07. The topological polar surface area (TPSA) is 29.9 Å². The molecule has 1 aromatic rings. The Bertz CT molecular complexity index is 247. The second kappa shape index (κ2) is 5.25. The molecule has 1 atom stereocenters. The number of halogens is 1. The number of nitrogens with one attached hydrogen (secondary N) is 1. The second-order valence-electron chi connectivity index (χ2n) is 3.41. The van der Waals surface area contributed by atoms with Gasteiger partial charge in [0.15, 0.2) is 0 Å². The molecule has 0 radical (unpaired) electrons. The summed E-state index contributed by atoms with van der Waals surface area (Å²) in [6, 6.07) is 0. The smallest absolute Gasteiger partial charge is 0.0534 e. The van der Waals surface area contributed by atoms with Crippen LogP contribution < -0.4 is 5.32 Å². The number of aromatic nitrogens is 2. The van der Waals surface area contributed by atoms with E-state index in [1.165, 1.54) is 5.56 Å². The molecule has 74 valence electrons. The van der Waals surface area contributed by atoms with Gasteiger partial charge >= 0.3 is 0 Å². The van der Waals surface area contributed by atoms with E-state index in [0.717, 1.165) is 13.1 Å². The van der Waals surface area contributed by atoms with Crippen LogP contribution in [-0.2, 0) is 13.6 Å². The van der Waals surface area contributed by atoms with E-state index in [-0.39, 0.29) is 0 Å². The molecule has 1 heterocycles. The first-order chi connectivity index (χ1) is 6.22. The molecular formula is C9H16ClN3. The maximum Gasteiger partial charge on any atom is 0.0534 e. The van der Waals surface area contributed by atoms with Crippen LogP contribution in [0.4, 0.5) is 0 Å². The van der Waals surface area contributed by atoms with Crippen LogP contribution in [0.1, 0.15) is 12.5 Å². The Hall–Kier alpha value is -0.540. The van der Waals surface area contributed by atoms with Crippen molar-refractivity contribution in [2.75, 3.05) is 12.4 Å². The van der Waals surface area contributed by atoms with Gasteiger partial charge in [-0.2, -0.15) is 5.10 Å². The average molecular weight is 202 g/mol. The van der Waals surface area contributed by atoms with Crippen LogP contribution in [-0.4, -0.2) is 22.2 Å². The number of nitrogens with zero attached hydrogens (tertiary/aromatic N) is 2. The summed E-state index contributed by atoms with van der Waals surface area (Å²) >= 11 is 5.68. The number of alkyl halides is 1. The van der Waals surface area contributed by atoms with Gasteiger partial charge < -0.3 is 5.32 Å². The van der Waals surface area contributed by atoms with Gasteiger partial charge in [0, 0.05) is 31.2 Å². The van der Waals surface area contributed by atoms with Crippen LogP contribution in [0.3, 0.4) is 0 Å². The molecular weight excluding hydrogens is 186 g/mol. The van der Waals surface area contributed by atoms with Gasteiger partial charge in [-0.15, -0.1) is 11.6 Å². The summed E-state index contributed by atoms with van der Waals surface area (Å²) in [5.74, 6) is 1.23. The van der Waals surface area contributed by atoms with Crippen molar-refractivity contribution in [2.45, 2.75) is 13.5 Å². The quantitative estimate of drug-likeness (QED) is 0.730. The van der Waals surface area contributed by atoms with Gasteiger partial charge in [-0.1, -0.05) is 6.92 Å². The molecule has 1 rings (SSSR count). The van der Waals surface area contributed by atoms with Crippen LogP contribution in [0.2, 0.25) is 0 Å². The fourth-order valence-electron chi connectivity index (χ4n) is 1.08. The van der Waals surface area contributed by atoms with Gasteiger partial charge in [0.1, 0.15) is 0 Å². The molecule has 0 aromatic carbocycles. The molecule has 4 heteroatoms. The molecule has 13 heavy (non-hydrogen) atoms. The second-order valence-corrected chi connectivity index (χ2v) is 3.72. The highest BCUT2D eigenvalue weighted by atomic mass is 35.5. The van der Waals surface area contributed by atoms with Gasteiger partial charge in [-0.25, -0.2) is 0 Å². The predicted molar refractivity (Wildman–Crippen MR) is 54.8 cm³/mol. The summed E-state index contributed by atoms with van der Waals surface area (Å²) in [7, 11) is 1.92. The van der Waals surface area contributed by atoms with E-state index in [1.807, 2.05) is 24.1 Å². The molecule has 3 nitrogen and oxygen atoms in total. The Morgan fingerprint density at radius 2 is 2.46 bits per heavy atom. The number of rotatable bonds is 5. The van der Waals surface area contributed by atoms with Crippen LogP contribution in [0.15, 0.2) is 12.4 Å². The summed E-state index contributed by atoms with van der Waals surface area (Å²) in [6.07, 6.45) is 3.89. The van der Waals surface area contributed by atoms with Crippen molar-refractivity contribution < 1.29 is 0 Å². The number of hydrogen-bond acceptors (Lipinski definition) is 2. The monoisotopic (exact) mass is 201 g/mol. The van der Waals surface area contributed by atoms with E-state index in [0.29, 0.717) is 11.8 Å². The van der Waals surface area contributed by atoms with Crippen LogP contribution in [0.25, 0.3) is 0 Å². The zero-order valence-electron chi connectivity index (χ0n) is 8.13. The molecule has 0 fully saturated rings. The minimum Gasteiger partial charge on any atom is -0.312 e. The molecule has 0 bridgehead atoms. The minimum atomic E-state index is 0.526. The SMILES string of the molecule is CC(CCl)CNCc1cnn(C)c1. The van der Waals surface area contributed by atoms with Crippen molar-refractivity contribution >= 4 is 11.6 Å². The van der Waals surface area contributed by atoms with Gasteiger partial charge in [-0.3, -0.25) is 4.68 Å². The predicted octanol–water partition coefficient (Wildman–Crippen LogP) is 1.38. The molecule has 0 saturated heterocycles. The van der Waals surface area contributed by atoms with E-state index in [1.54, 1.807) is 0 Å². The zero-order valence-corrected chi connectivity index (χ0v) is 8.88. The average Bonchev–Trinajstić information content (AvgIpc) is 2.51. The third kappa shape index (κ3) is 3.79. The van der Waals surface area contributed by atoms with Gasteiger partial charge in [0.25, 0.3) is 0 Å². The molecule has 0 saturated carbocycles. The Labute approximate surface area is 84.1 Å². The van der Waals surface area contributed by atoms with Crippen molar-refractivity contribution in [1.82, 2.24) is 15.1 Å². The Kier molecular flexibility index (Phi) is 4.25. The zero-order chi connectivity index (χ0) is 9.68. The highest BCUT2D eigenvalue weighted by Gasteiger charge is 1.99. The van der Waals surface area contributed by atoms with E-state index >= 15 is 0 Å². The normalized spacial score (nSPS) is 13.2. The Balaban J connectivity index is 2.20. The summed E-state index contributed by atoms with van der Waals surface area (Å²) in [4.78, 5) is 0. The number of aryl methyl sites for hydroxylation is 1. The molecule has 1 N–H and O–H groups in total. The summed E-state index contributed by atoms with van der Waals surface area (Å²) < 4.78 is 1.81. The molecule has 0 aliphatic heterocycles. The minimum absolute atomic E-state index is 0.526. The third-order valence-corrected chi connectivity index (χ3v) is 2.37. The fourth-order valence-corrected chi connectivity index (χ4v) is 1.19. The van der Waals surface area contributed by atoms with Gasteiger partial charge in [0.05, 0.1) is 6.20 Å². The molecule has 0 spiro atoms. The van der Waals surface area contributed by atoms with Crippen LogP contribution in [0.5, 0.6) is 0 Å². The van der Waals surface area contributed by atoms with Crippen molar-refractivity contribution in [3.63, 3.8) is 0 Å². The first-order valence-corrected chi connectivity index (χ1v) is 5.00. The highest BCUT2D eigenvalue weighted by Crippen LogP contribution is 1.98. The van der Waals surface area contributed by atoms with Crippen LogP contribution >= 0.6 is 11.6 Å². The maximum atomic E-state index is 5.68. The standard InChI is InChI=1S/C9H16ClN3/c1-8(3-10)4-11-5-9-6-12-13(2)7-9/h6-8,11H,3-5H2,1-2H3. The lowest BCUT2D eigenvalue weighted by Crippen LogP contribution is -2.21. The summed E-state index contributed by atoms with van der Waals surface area (Å²) in [5, 5.41) is 7.41. The summed E-state index contributed by atoms with van der Waals surface area (Å²) in [6.45, 7) is 3.96.